The maximum absolute atomic E-state index is 4.10. The van der Waals surface area contributed by atoms with E-state index in [0.717, 1.165) is 35.5 Å². The first-order valence-electron chi connectivity index (χ1n) is 12.7. The summed E-state index contributed by atoms with van der Waals surface area (Å²) in [5.41, 5.74) is 2.98. The molecule has 0 aromatic rings. The zero-order chi connectivity index (χ0) is 19.9. The Labute approximate surface area is 175 Å². The van der Waals surface area contributed by atoms with Gasteiger partial charge in [-0.05, 0) is 104 Å². The Morgan fingerprint density at radius 1 is 1.07 bits per heavy atom. The quantitative estimate of drug-likeness (QED) is 0.319. The lowest BCUT2D eigenvalue weighted by atomic mass is 9.47. The molecule has 0 N–H and O–H groups in total. The summed E-state index contributed by atoms with van der Waals surface area (Å²) < 4.78 is 0. The van der Waals surface area contributed by atoms with Gasteiger partial charge in [-0.25, -0.2) is 0 Å². The molecule has 4 aliphatic carbocycles. The van der Waals surface area contributed by atoms with Crippen molar-refractivity contribution in [3.63, 3.8) is 0 Å². The minimum absolute atomic E-state index is 0.513. The minimum atomic E-state index is 0.513. The molecule has 0 aromatic carbocycles. The lowest BCUT2D eigenvalue weighted by Crippen LogP contribution is -2.49. The number of allylic oxidation sites excluding steroid dienone is 3. The predicted molar refractivity (Wildman–Crippen MR) is 122 cm³/mol. The standard InChI is InChI=1S/C28H46/c1-6-21-15-17-28(5)23(19-21)11-13-24-25-14-12-22(10-8-7-9-20(2)3)27(25,4)18-16-26(24)28/h6,11,20-22,24-26H,1,7-10,12-19H2,2-5H3/t21?,22-,24-,25-,26-,27+,28-/m0/s1. The van der Waals surface area contributed by atoms with Crippen molar-refractivity contribution in [1.29, 1.82) is 0 Å². The molecule has 7 atom stereocenters. The SMILES string of the molecule is C=CC1CC[C@@]2(C)C(=CC[C@H]3[C@@H]4CC[C@H](CCCCC(C)C)[C@@]4(C)CC[C@@H]32)C1. The third kappa shape index (κ3) is 3.45. The van der Waals surface area contributed by atoms with Crippen LogP contribution < -0.4 is 0 Å². The Bertz CT molecular complexity index is 597. The van der Waals surface area contributed by atoms with Crippen LogP contribution in [0.15, 0.2) is 24.3 Å². The summed E-state index contributed by atoms with van der Waals surface area (Å²) in [7, 11) is 0. The third-order valence-electron chi connectivity index (χ3n) is 10.3. The summed E-state index contributed by atoms with van der Waals surface area (Å²) in [6.45, 7) is 14.2. The second-order valence-electron chi connectivity index (χ2n) is 12.0. The Kier molecular flexibility index (Phi) is 5.89. The first-order valence-corrected chi connectivity index (χ1v) is 12.7. The van der Waals surface area contributed by atoms with Crippen LogP contribution in [0.1, 0.15) is 105 Å². The second-order valence-corrected chi connectivity index (χ2v) is 12.0. The Hall–Kier alpha value is -0.520. The fourth-order valence-electron chi connectivity index (χ4n) is 8.42. The van der Waals surface area contributed by atoms with E-state index in [0.29, 0.717) is 10.8 Å². The highest BCUT2D eigenvalue weighted by Gasteiger charge is 2.58. The third-order valence-corrected chi connectivity index (χ3v) is 10.3. The smallest absolute Gasteiger partial charge is 0.00849 e. The highest BCUT2D eigenvalue weighted by atomic mass is 14.6. The van der Waals surface area contributed by atoms with E-state index in [4.69, 9.17) is 0 Å². The van der Waals surface area contributed by atoms with Gasteiger partial charge in [0.1, 0.15) is 0 Å². The zero-order valence-electron chi connectivity index (χ0n) is 19.3. The molecule has 0 amide bonds. The van der Waals surface area contributed by atoms with E-state index in [1.807, 2.05) is 5.57 Å². The van der Waals surface area contributed by atoms with Gasteiger partial charge in [0.05, 0.1) is 0 Å². The monoisotopic (exact) mass is 382 g/mol. The van der Waals surface area contributed by atoms with Gasteiger partial charge in [-0.2, -0.15) is 0 Å². The molecule has 0 nitrogen and oxygen atoms in total. The second kappa shape index (κ2) is 7.96. The van der Waals surface area contributed by atoms with Crippen LogP contribution in [0.25, 0.3) is 0 Å². The average Bonchev–Trinajstić information content (AvgIpc) is 3.01. The van der Waals surface area contributed by atoms with E-state index in [-0.39, 0.29) is 0 Å². The summed E-state index contributed by atoms with van der Waals surface area (Å²) in [5, 5.41) is 0. The maximum atomic E-state index is 4.10. The zero-order valence-corrected chi connectivity index (χ0v) is 19.3. The van der Waals surface area contributed by atoms with Crippen LogP contribution >= 0.6 is 0 Å². The van der Waals surface area contributed by atoms with Crippen molar-refractivity contribution in [2.45, 2.75) is 105 Å². The number of fused-ring (bicyclic) bond motifs is 5. The van der Waals surface area contributed by atoms with Crippen LogP contribution in [-0.4, -0.2) is 0 Å². The van der Waals surface area contributed by atoms with Gasteiger partial charge in [-0.1, -0.05) is 64.7 Å². The normalized spacial score (nSPS) is 45.2. The van der Waals surface area contributed by atoms with E-state index in [1.165, 1.54) is 77.0 Å². The van der Waals surface area contributed by atoms with Gasteiger partial charge in [0, 0.05) is 0 Å². The summed E-state index contributed by atoms with van der Waals surface area (Å²) in [5.74, 6) is 5.59. The minimum Gasteiger partial charge on any atom is -0.103 e. The highest BCUT2D eigenvalue weighted by Crippen LogP contribution is 2.67. The molecule has 4 rings (SSSR count). The lowest BCUT2D eigenvalue weighted by molar-refractivity contribution is -0.0443. The Balaban J connectivity index is 1.46. The molecular weight excluding hydrogens is 336 g/mol. The van der Waals surface area contributed by atoms with E-state index >= 15 is 0 Å². The first-order chi connectivity index (χ1) is 13.4. The Morgan fingerprint density at radius 2 is 1.89 bits per heavy atom. The van der Waals surface area contributed by atoms with Crippen molar-refractivity contribution < 1.29 is 0 Å². The first kappa shape index (κ1) is 20.7. The molecular formula is C28H46. The van der Waals surface area contributed by atoms with Crippen molar-refractivity contribution in [2.75, 3.05) is 0 Å². The molecule has 0 bridgehead atoms. The molecule has 4 aliphatic rings. The van der Waals surface area contributed by atoms with Gasteiger partial charge in [0.2, 0.25) is 0 Å². The van der Waals surface area contributed by atoms with Gasteiger partial charge in [0.25, 0.3) is 0 Å². The topological polar surface area (TPSA) is 0 Å². The fraction of sp³-hybridized carbons (Fsp3) is 0.857. The molecule has 1 unspecified atom stereocenters. The van der Waals surface area contributed by atoms with Crippen LogP contribution in [0.4, 0.5) is 0 Å². The fourth-order valence-corrected chi connectivity index (χ4v) is 8.42. The molecule has 28 heavy (non-hydrogen) atoms. The van der Waals surface area contributed by atoms with Gasteiger partial charge in [-0.3, -0.25) is 0 Å². The molecule has 0 heterocycles. The van der Waals surface area contributed by atoms with E-state index in [2.05, 4.69) is 46.4 Å². The van der Waals surface area contributed by atoms with Crippen molar-refractivity contribution in [2.24, 2.45) is 46.3 Å². The number of hydrogen-bond donors (Lipinski definition) is 0. The maximum Gasteiger partial charge on any atom is -0.00849 e. The molecule has 0 saturated heterocycles. The highest BCUT2D eigenvalue weighted by molar-refractivity contribution is 5.26. The molecule has 0 aromatic heterocycles. The summed E-state index contributed by atoms with van der Waals surface area (Å²) in [4.78, 5) is 0. The van der Waals surface area contributed by atoms with Gasteiger partial charge in [0.15, 0.2) is 0 Å². The van der Waals surface area contributed by atoms with Crippen molar-refractivity contribution in [3.05, 3.63) is 24.3 Å². The number of unbranched alkanes of at least 4 members (excludes halogenated alkanes) is 1. The van der Waals surface area contributed by atoms with Gasteiger partial charge >= 0.3 is 0 Å². The van der Waals surface area contributed by atoms with E-state index < -0.39 is 0 Å². The van der Waals surface area contributed by atoms with E-state index in [9.17, 15) is 0 Å². The summed E-state index contributed by atoms with van der Waals surface area (Å²) in [6.07, 6.45) is 22.4. The van der Waals surface area contributed by atoms with Crippen molar-refractivity contribution in [3.8, 4) is 0 Å². The Morgan fingerprint density at radius 3 is 2.64 bits per heavy atom. The largest absolute Gasteiger partial charge is 0.103 e. The van der Waals surface area contributed by atoms with E-state index in [1.54, 1.807) is 0 Å². The van der Waals surface area contributed by atoms with Gasteiger partial charge < -0.3 is 0 Å². The van der Waals surface area contributed by atoms with Crippen LogP contribution in [0.2, 0.25) is 0 Å². The number of rotatable bonds is 6. The van der Waals surface area contributed by atoms with Crippen LogP contribution in [-0.2, 0) is 0 Å². The van der Waals surface area contributed by atoms with Crippen LogP contribution in [0.5, 0.6) is 0 Å². The molecule has 0 aliphatic heterocycles. The predicted octanol–water partition coefficient (Wildman–Crippen LogP) is 8.58. The molecule has 3 saturated carbocycles. The molecule has 3 fully saturated rings. The van der Waals surface area contributed by atoms with Crippen molar-refractivity contribution in [1.82, 2.24) is 0 Å². The molecule has 0 spiro atoms. The summed E-state index contributed by atoms with van der Waals surface area (Å²) >= 11 is 0. The van der Waals surface area contributed by atoms with Crippen molar-refractivity contribution >= 4 is 0 Å². The van der Waals surface area contributed by atoms with Crippen LogP contribution in [0, 0.1) is 46.3 Å². The average molecular weight is 383 g/mol. The summed E-state index contributed by atoms with van der Waals surface area (Å²) in [6, 6.07) is 0. The van der Waals surface area contributed by atoms with Gasteiger partial charge in [-0.15, -0.1) is 6.58 Å². The lowest BCUT2D eigenvalue weighted by Gasteiger charge is -2.58. The molecule has 158 valence electrons. The van der Waals surface area contributed by atoms with Crippen LogP contribution in [0.3, 0.4) is 0 Å². The molecule has 0 radical (unpaired) electrons. The molecule has 0 heteroatoms. The number of hydrogen-bond acceptors (Lipinski definition) is 0.